The summed E-state index contributed by atoms with van der Waals surface area (Å²) in [5, 5.41) is 11.8. The van der Waals surface area contributed by atoms with Crippen molar-refractivity contribution in [2.75, 3.05) is 11.9 Å². The number of nitrogens with zero attached hydrogens (tertiary/aromatic N) is 1. The van der Waals surface area contributed by atoms with Gasteiger partial charge in [0.1, 0.15) is 24.0 Å². The second kappa shape index (κ2) is 10.0. The number of carbonyl (C=O) groups is 1. The molecule has 0 heterocycles. The molecular weight excluding hydrogens is 370 g/mol. The number of halogens is 2. The predicted octanol–water partition coefficient (Wildman–Crippen LogP) is 4.56. The van der Waals surface area contributed by atoms with Gasteiger partial charge in [-0.1, -0.05) is 29.8 Å². The summed E-state index contributed by atoms with van der Waals surface area (Å²) in [7, 11) is 0. The lowest BCUT2D eigenvalue weighted by molar-refractivity contribution is -0.112. The normalized spacial score (nSPS) is 10.8. The zero-order valence-electron chi connectivity index (χ0n) is 14.0. The molecule has 0 aromatic heterocycles. The Labute approximate surface area is 159 Å². The van der Waals surface area contributed by atoms with Gasteiger partial charge < -0.3 is 10.1 Å². The van der Waals surface area contributed by atoms with Crippen molar-refractivity contribution in [1.82, 2.24) is 0 Å². The third kappa shape index (κ3) is 6.50. The fraction of sp³-hybridized carbons (Fsp3) is 0.100. The Kier molecular flexibility index (Phi) is 7.42. The Morgan fingerprint density at radius 3 is 2.44 bits per heavy atom. The van der Waals surface area contributed by atoms with Crippen molar-refractivity contribution in [3.8, 4) is 24.2 Å². The van der Waals surface area contributed by atoms with Crippen LogP contribution in [0.2, 0.25) is 0 Å². The largest absolute Gasteiger partial charge is 0.481 e. The van der Waals surface area contributed by atoms with Gasteiger partial charge in [0.15, 0.2) is 0 Å². The number of amides is 1. The summed E-state index contributed by atoms with van der Waals surface area (Å²) in [5.41, 5.74) is 0.939. The van der Waals surface area contributed by atoms with Gasteiger partial charge in [0.2, 0.25) is 0 Å². The minimum Gasteiger partial charge on any atom is -0.481 e. The summed E-state index contributed by atoms with van der Waals surface area (Å²) in [5.74, 6) is -0.177. The molecule has 27 heavy (non-hydrogen) atoms. The molecule has 0 aliphatic rings. The number of nitriles is 1. The molecule has 1 amide bonds. The number of terminal acetylenes is 1. The molecule has 0 radical (unpaired) electrons. The van der Waals surface area contributed by atoms with Gasteiger partial charge in [-0.3, -0.25) is 4.79 Å². The van der Waals surface area contributed by atoms with Crippen LogP contribution in [0.4, 0.5) is 14.5 Å². The maximum atomic E-state index is 12.3. The first-order valence-corrected chi connectivity index (χ1v) is 8.54. The Bertz CT molecular complexity index is 896. The molecule has 0 aliphatic heterocycles. The monoisotopic (exact) mass is 384 g/mol. The summed E-state index contributed by atoms with van der Waals surface area (Å²) in [6, 6.07) is 14.5. The number of thioether (sulfide) groups is 1. The highest BCUT2D eigenvalue weighted by molar-refractivity contribution is 7.99. The summed E-state index contributed by atoms with van der Waals surface area (Å²) in [4.78, 5) is 12.6. The van der Waals surface area contributed by atoms with Crippen molar-refractivity contribution in [3.05, 3.63) is 59.7 Å². The highest BCUT2D eigenvalue weighted by atomic mass is 32.2. The number of ether oxygens (including phenoxy) is 1. The van der Waals surface area contributed by atoms with Crippen molar-refractivity contribution >= 4 is 29.4 Å². The number of benzene rings is 2. The van der Waals surface area contributed by atoms with Gasteiger partial charge in [-0.15, -0.1) is 6.42 Å². The first-order valence-electron chi connectivity index (χ1n) is 7.66. The fourth-order valence-electron chi connectivity index (χ4n) is 2.02. The van der Waals surface area contributed by atoms with Crippen molar-refractivity contribution < 1.29 is 18.3 Å². The molecule has 0 atom stereocenters. The van der Waals surface area contributed by atoms with E-state index in [9.17, 15) is 18.8 Å². The Balaban J connectivity index is 2.05. The molecule has 2 aromatic carbocycles. The van der Waals surface area contributed by atoms with Crippen LogP contribution in [-0.4, -0.2) is 18.3 Å². The van der Waals surface area contributed by atoms with E-state index in [1.807, 2.05) is 6.07 Å². The van der Waals surface area contributed by atoms with Gasteiger partial charge in [0.05, 0.1) is 0 Å². The molecular formula is C20H14F2N2O2S. The van der Waals surface area contributed by atoms with Crippen molar-refractivity contribution in [1.29, 1.82) is 5.26 Å². The van der Waals surface area contributed by atoms with Crippen LogP contribution in [0.15, 0.2) is 59.0 Å². The van der Waals surface area contributed by atoms with E-state index < -0.39 is 11.7 Å². The summed E-state index contributed by atoms with van der Waals surface area (Å²) in [6.45, 7) is 0.148. The number of nitrogens with one attached hydrogen (secondary N) is 1. The molecule has 1 N–H and O–H groups in total. The highest BCUT2D eigenvalue weighted by Crippen LogP contribution is 2.26. The molecule has 0 saturated heterocycles. The SMILES string of the molecule is C#CCOc1ccc(C=C(C#N)C(=O)Nc2ccc(SC(F)F)cc2)cc1. The van der Waals surface area contributed by atoms with Gasteiger partial charge >= 0.3 is 0 Å². The highest BCUT2D eigenvalue weighted by Gasteiger charge is 2.10. The van der Waals surface area contributed by atoms with Crippen molar-refractivity contribution in [2.45, 2.75) is 10.7 Å². The second-order valence-electron chi connectivity index (χ2n) is 5.09. The lowest BCUT2D eigenvalue weighted by Crippen LogP contribution is -2.13. The van der Waals surface area contributed by atoms with Gasteiger partial charge in [-0.2, -0.15) is 14.0 Å². The van der Waals surface area contributed by atoms with E-state index in [-0.39, 0.29) is 12.2 Å². The number of alkyl halides is 2. The average molecular weight is 384 g/mol. The summed E-state index contributed by atoms with van der Waals surface area (Å²) >= 11 is 0.414. The third-order valence-electron chi connectivity index (χ3n) is 3.22. The molecule has 7 heteroatoms. The molecule has 0 bridgehead atoms. The molecule has 0 unspecified atom stereocenters. The summed E-state index contributed by atoms with van der Waals surface area (Å²) < 4.78 is 29.9. The standard InChI is InChI=1S/C20H14F2N2O2S/c1-2-11-26-17-7-3-14(4-8-17)12-15(13-23)19(25)24-16-5-9-18(10-6-16)27-20(21)22/h1,3-10,12,20H,11H2,(H,24,25). The van der Waals surface area contributed by atoms with E-state index in [1.165, 1.54) is 30.3 Å². The lowest BCUT2D eigenvalue weighted by atomic mass is 10.1. The molecule has 136 valence electrons. The Morgan fingerprint density at radius 2 is 1.89 bits per heavy atom. The van der Waals surface area contributed by atoms with Crippen LogP contribution in [-0.2, 0) is 4.79 Å². The summed E-state index contributed by atoms with van der Waals surface area (Å²) in [6.07, 6.45) is 6.55. The van der Waals surface area contributed by atoms with Gasteiger partial charge in [0, 0.05) is 10.6 Å². The number of rotatable bonds is 7. The second-order valence-corrected chi connectivity index (χ2v) is 6.15. The van der Waals surface area contributed by atoms with Crippen LogP contribution in [0.3, 0.4) is 0 Å². The molecule has 2 aromatic rings. The van der Waals surface area contributed by atoms with Crippen LogP contribution < -0.4 is 10.1 Å². The number of hydrogen-bond acceptors (Lipinski definition) is 4. The molecule has 0 aliphatic carbocycles. The third-order valence-corrected chi connectivity index (χ3v) is 3.94. The van der Waals surface area contributed by atoms with Gasteiger partial charge in [-0.05, 0) is 48.0 Å². The average Bonchev–Trinajstić information content (AvgIpc) is 2.66. The van der Waals surface area contributed by atoms with E-state index in [1.54, 1.807) is 24.3 Å². The van der Waals surface area contributed by atoms with Crippen molar-refractivity contribution in [2.24, 2.45) is 0 Å². The smallest absolute Gasteiger partial charge is 0.288 e. The van der Waals surface area contributed by atoms with Gasteiger partial charge in [0.25, 0.3) is 11.7 Å². The van der Waals surface area contributed by atoms with Crippen LogP contribution in [0.25, 0.3) is 6.08 Å². The van der Waals surface area contributed by atoms with Crippen LogP contribution in [0, 0.1) is 23.7 Å². The molecule has 2 rings (SSSR count). The number of carbonyl (C=O) groups excluding carboxylic acids is 1. The first kappa shape index (κ1) is 20.0. The first-order chi connectivity index (χ1) is 13.0. The van der Waals surface area contributed by atoms with Crippen LogP contribution >= 0.6 is 11.8 Å². The zero-order valence-corrected chi connectivity index (χ0v) is 14.8. The van der Waals surface area contributed by atoms with E-state index >= 15 is 0 Å². The maximum Gasteiger partial charge on any atom is 0.288 e. The molecule has 4 nitrogen and oxygen atoms in total. The fourth-order valence-corrected chi connectivity index (χ4v) is 2.52. The molecule has 0 spiro atoms. The predicted molar refractivity (Wildman–Crippen MR) is 101 cm³/mol. The van der Waals surface area contributed by atoms with Crippen LogP contribution in [0.1, 0.15) is 5.56 Å². The lowest BCUT2D eigenvalue weighted by Gasteiger charge is -2.06. The zero-order chi connectivity index (χ0) is 19.6. The number of hydrogen-bond donors (Lipinski definition) is 1. The van der Waals surface area contributed by atoms with Crippen molar-refractivity contribution in [3.63, 3.8) is 0 Å². The van der Waals surface area contributed by atoms with Gasteiger partial charge in [-0.25, -0.2) is 0 Å². The minimum atomic E-state index is -2.51. The minimum absolute atomic E-state index is 0.0988. The molecule has 0 saturated carbocycles. The Hall–Kier alpha value is -3.29. The number of anilines is 1. The topological polar surface area (TPSA) is 62.1 Å². The van der Waals surface area contributed by atoms with E-state index in [0.29, 0.717) is 33.7 Å². The Morgan fingerprint density at radius 1 is 1.22 bits per heavy atom. The van der Waals surface area contributed by atoms with E-state index in [2.05, 4.69) is 11.2 Å². The molecule has 0 fully saturated rings. The maximum absolute atomic E-state index is 12.3. The quantitative estimate of drug-likeness (QED) is 0.329. The van der Waals surface area contributed by atoms with E-state index in [4.69, 9.17) is 11.2 Å². The van der Waals surface area contributed by atoms with E-state index in [0.717, 1.165) is 0 Å². The van der Waals surface area contributed by atoms with Crippen LogP contribution in [0.5, 0.6) is 5.75 Å².